The van der Waals surface area contributed by atoms with Gasteiger partial charge in [-0.25, -0.2) is 0 Å². The summed E-state index contributed by atoms with van der Waals surface area (Å²) in [6, 6.07) is 7.90. The van der Waals surface area contributed by atoms with E-state index in [0.29, 0.717) is 5.11 Å². The highest BCUT2D eigenvalue weighted by molar-refractivity contribution is 9.10. The van der Waals surface area contributed by atoms with Gasteiger partial charge in [0.25, 0.3) is 0 Å². The van der Waals surface area contributed by atoms with Crippen LogP contribution in [0.4, 0.5) is 0 Å². The van der Waals surface area contributed by atoms with Crippen molar-refractivity contribution in [1.82, 2.24) is 10.7 Å². The van der Waals surface area contributed by atoms with E-state index in [2.05, 4.69) is 38.7 Å². The van der Waals surface area contributed by atoms with Crippen molar-refractivity contribution in [2.24, 2.45) is 5.10 Å². The summed E-state index contributed by atoms with van der Waals surface area (Å²) in [7, 11) is 0. The van der Waals surface area contributed by atoms with Crippen molar-refractivity contribution < 1.29 is 0 Å². The van der Waals surface area contributed by atoms with Crippen LogP contribution < -0.4 is 10.7 Å². The van der Waals surface area contributed by atoms with Crippen LogP contribution in [0.1, 0.15) is 25.3 Å². The monoisotopic (exact) mass is 313 g/mol. The molecule has 17 heavy (non-hydrogen) atoms. The molecule has 0 fully saturated rings. The van der Waals surface area contributed by atoms with Crippen LogP contribution in [0.25, 0.3) is 0 Å². The second-order valence-electron chi connectivity index (χ2n) is 3.53. The molecule has 5 heteroatoms. The quantitative estimate of drug-likeness (QED) is 0.380. The van der Waals surface area contributed by atoms with Crippen molar-refractivity contribution in [3.8, 4) is 0 Å². The summed E-state index contributed by atoms with van der Waals surface area (Å²) in [5.41, 5.74) is 3.80. The van der Waals surface area contributed by atoms with E-state index in [1.54, 1.807) is 6.21 Å². The number of halogens is 1. The SMILES string of the molecule is CCCCNC(=S)NN=Cc1cccc(Br)c1. The van der Waals surface area contributed by atoms with Crippen LogP contribution in [0.15, 0.2) is 33.8 Å². The van der Waals surface area contributed by atoms with Gasteiger partial charge in [-0.3, -0.25) is 5.43 Å². The Bertz CT molecular complexity index is 393. The Kier molecular flexibility index (Phi) is 6.81. The number of hydrogen-bond acceptors (Lipinski definition) is 2. The molecule has 1 aromatic carbocycles. The standard InChI is InChI=1S/C12H16BrN3S/c1-2-3-7-14-12(17)16-15-9-10-5-4-6-11(13)8-10/h4-6,8-9H,2-3,7H2,1H3,(H2,14,16,17). The highest BCUT2D eigenvalue weighted by atomic mass is 79.9. The van der Waals surface area contributed by atoms with Gasteiger partial charge in [0.2, 0.25) is 0 Å². The molecule has 1 aromatic rings. The van der Waals surface area contributed by atoms with Crippen LogP contribution in [-0.4, -0.2) is 17.9 Å². The Hall–Kier alpha value is -0.940. The topological polar surface area (TPSA) is 36.4 Å². The van der Waals surface area contributed by atoms with E-state index >= 15 is 0 Å². The molecule has 2 N–H and O–H groups in total. The molecule has 0 amide bonds. The Morgan fingerprint density at radius 1 is 1.53 bits per heavy atom. The molecule has 0 aliphatic rings. The zero-order valence-corrected chi connectivity index (χ0v) is 12.1. The van der Waals surface area contributed by atoms with E-state index in [-0.39, 0.29) is 0 Å². The first-order valence-corrected chi connectivity index (χ1v) is 6.75. The van der Waals surface area contributed by atoms with Gasteiger partial charge < -0.3 is 5.32 Å². The van der Waals surface area contributed by atoms with E-state index in [4.69, 9.17) is 12.2 Å². The minimum Gasteiger partial charge on any atom is -0.361 e. The summed E-state index contributed by atoms with van der Waals surface area (Å²) in [6.07, 6.45) is 3.99. The largest absolute Gasteiger partial charge is 0.361 e. The average molecular weight is 314 g/mol. The molecule has 0 atom stereocenters. The van der Waals surface area contributed by atoms with Crippen LogP contribution >= 0.6 is 28.1 Å². The van der Waals surface area contributed by atoms with Crippen molar-refractivity contribution in [2.45, 2.75) is 19.8 Å². The molecule has 0 radical (unpaired) electrons. The van der Waals surface area contributed by atoms with Gasteiger partial charge in [-0.2, -0.15) is 5.10 Å². The van der Waals surface area contributed by atoms with E-state index in [0.717, 1.165) is 29.4 Å². The van der Waals surface area contributed by atoms with Crippen LogP contribution in [-0.2, 0) is 0 Å². The highest BCUT2D eigenvalue weighted by Gasteiger charge is 1.92. The lowest BCUT2D eigenvalue weighted by atomic mass is 10.2. The van der Waals surface area contributed by atoms with Crippen LogP contribution in [0.2, 0.25) is 0 Å². The molecule has 0 aliphatic heterocycles. The average Bonchev–Trinajstić information content (AvgIpc) is 2.29. The summed E-state index contributed by atoms with van der Waals surface area (Å²) in [5.74, 6) is 0. The molecule has 1 rings (SSSR count). The van der Waals surface area contributed by atoms with Crippen molar-refractivity contribution in [2.75, 3.05) is 6.54 Å². The number of hydrazone groups is 1. The third kappa shape index (κ3) is 6.38. The van der Waals surface area contributed by atoms with Gasteiger partial charge in [-0.05, 0) is 36.3 Å². The third-order valence-electron chi connectivity index (χ3n) is 2.04. The summed E-state index contributed by atoms with van der Waals surface area (Å²) in [6.45, 7) is 3.03. The van der Waals surface area contributed by atoms with Gasteiger partial charge in [0, 0.05) is 11.0 Å². The molecule has 0 saturated heterocycles. The van der Waals surface area contributed by atoms with E-state index in [1.165, 1.54) is 0 Å². The van der Waals surface area contributed by atoms with Gasteiger partial charge in [-0.15, -0.1) is 0 Å². The van der Waals surface area contributed by atoms with Gasteiger partial charge in [0.1, 0.15) is 0 Å². The number of rotatable bonds is 5. The fourth-order valence-corrected chi connectivity index (χ4v) is 1.74. The molecule has 0 bridgehead atoms. The summed E-state index contributed by atoms with van der Waals surface area (Å²) in [5, 5.41) is 7.70. The first-order valence-electron chi connectivity index (χ1n) is 5.55. The Morgan fingerprint density at radius 3 is 3.06 bits per heavy atom. The number of unbranched alkanes of at least 4 members (excludes halogenated alkanes) is 1. The van der Waals surface area contributed by atoms with Crippen LogP contribution in [0, 0.1) is 0 Å². The summed E-state index contributed by atoms with van der Waals surface area (Å²) in [4.78, 5) is 0. The fourth-order valence-electron chi connectivity index (χ4n) is 1.17. The molecule has 0 saturated carbocycles. The first kappa shape index (κ1) is 14.1. The maximum atomic E-state index is 5.06. The van der Waals surface area contributed by atoms with Gasteiger partial charge in [0.05, 0.1) is 6.21 Å². The second-order valence-corrected chi connectivity index (χ2v) is 4.86. The molecule has 0 heterocycles. The van der Waals surface area contributed by atoms with E-state index < -0.39 is 0 Å². The van der Waals surface area contributed by atoms with Crippen molar-refractivity contribution in [3.63, 3.8) is 0 Å². The summed E-state index contributed by atoms with van der Waals surface area (Å²) < 4.78 is 1.03. The lowest BCUT2D eigenvalue weighted by molar-refractivity contribution is 0.745. The molecular formula is C12H16BrN3S. The van der Waals surface area contributed by atoms with Gasteiger partial charge >= 0.3 is 0 Å². The zero-order chi connectivity index (χ0) is 12.5. The predicted octanol–water partition coefficient (Wildman–Crippen LogP) is 3.05. The molecule has 92 valence electrons. The maximum absolute atomic E-state index is 5.06. The molecule has 0 aromatic heterocycles. The van der Waals surface area contributed by atoms with Gasteiger partial charge in [0.15, 0.2) is 5.11 Å². The minimum absolute atomic E-state index is 0.560. The number of benzene rings is 1. The molecular weight excluding hydrogens is 298 g/mol. The predicted molar refractivity (Wildman–Crippen MR) is 80.4 cm³/mol. The first-order chi connectivity index (χ1) is 8.22. The molecule has 0 unspecified atom stereocenters. The smallest absolute Gasteiger partial charge is 0.186 e. The lowest BCUT2D eigenvalue weighted by Gasteiger charge is -2.05. The van der Waals surface area contributed by atoms with Crippen molar-refractivity contribution in [1.29, 1.82) is 0 Å². The Labute approximate surface area is 116 Å². The number of nitrogens with one attached hydrogen (secondary N) is 2. The number of nitrogens with zero attached hydrogens (tertiary/aromatic N) is 1. The van der Waals surface area contributed by atoms with Crippen molar-refractivity contribution >= 4 is 39.5 Å². The molecule has 3 nitrogen and oxygen atoms in total. The normalized spacial score (nSPS) is 10.5. The highest BCUT2D eigenvalue weighted by Crippen LogP contribution is 2.09. The van der Waals surface area contributed by atoms with E-state index in [9.17, 15) is 0 Å². The third-order valence-corrected chi connectivity index (χ3v) is 2.77. The van der Waals surface area contributed by atoms with Crippen molar-refractivity contribution in [3.05, 3.63) is 34.3 Å². The Balaban J connectivity index is 2.32. The lowest BCUT2D eigenvalue weighted by Crippen LogP contribution is -2.32. The summed E-state index contributed by atoms with van der Waals surface area (Å²) >= 11 is 8.47. The Morgan fingerprint density at radius 2 is 2.35 bits per heavy atom. The van der Waals surface area contributed by atoms with Crippen LogP contribution in [0.5, 0.6) is 0 Å². The fraction of sp³-hybridized carbons (Fsp3) is 0.333. The van der Waals surface area contributed by atoms with Gasteiger partial charge in [-0.1, -0.05) is 41.4 Å². The minimum atomic E-state index is 0.560. The number of hydrogen-bond donors (Lipinski definition) is 2. The molecule has 0 spiro atoms. The van der Waals surface area contributed by atoms with Crippen LogP contribution in [0.3, 0.4) is 0 Å². The zero-order valence-electron chi connectivity index (χ0n) is 9.74. The number of thiocarbonyl (C=S) groups is 1. The molecule has 0 aliphatic carbocycles. The second kappa shape index (κ2) is 8.20. The maximum Gasteiger partial charge on any atom is 0.186 e. The van der Waals surface area contributed by atoms with E-state index in [1.807, 2.05) is 24.3 Å².